The lowest BCUT2D eigenvalue weighted by molar-refractivity contribution is 0.668. The van der Waals surface area contributed by atoms with Gasteiger partial charge in [-0.15, -0.1) is 0 Å². The van der Waals surface area contributed by atoms with Crippen molar-refractivity contribution in [3.05, 3.63) is 206 Å². The number of para-hydroxylation sites is 1. The van der Waals surface area contributed by atoms with Gasteiger partial charge in [-0.05, 0) is 124 Å². The molecule has 2 heterocycles. The van der Waals surface area contributed by atoms with E-state index >= 15 is 0 Å². The highest BCUT2D eigenvalue weighted by molar-refractivity contribution is 6.27. The van der Waals surface area contributed by atoms with Crippen LogP contribution in [-0.2, 0) is 0 Å². The number of fused-ring (bicyclic) bond motifs is 10. The normalized spacial score (nSPS) is 12.0. The molecule has 13 rings (SSSR count). The molecule has 0 radical (unpaired) electrons. The van der Waals surface area contributed by atoms with Crippen molar-refractivity contribution in [1.82, 2.24) is 0 Å². The van der Waals surface area contributed by atoms with Crippen molar-refractivity contribution in [3.63, 3.8) is 0 Å². The molecule has 0 spiro atoms. The maximum absolute atomic E-state index is 6.87. The molecule has 0 aliphatic heterocycles. The van der Waals surface area contributed by atoms with Crippen molar-refractivity contribution < 1.29 is 8.83 Å². The lowest BCUT2D eigenvalue weighted by atomic mass is 9.84. The largest absolute Gasteiger partial charge is 0.456 e. The molecule has 0 aliphatic rings. The molecule has 60 heavy (non-hydrogen) atoms. The van der Waals surface area contributed by atoms with E-state index in [0.29, 0.717) is 0 Å². The van der Waals surface area contributed by atoms with Crippen molar-refractivity contribution in [3.8, 4) is 44.5 Å². The van der Waals surface area contributed by atoms with E-state index in [-0.39, 0.29) is 0 Å². The molecule has 0 atom stereocenters. The van der Waals surface area contributed by atoms with Crippen LogP contribution >= 0.6 is 0 Å². The van der Waals surface area contributed by atoms with Crippen LogP contribution in [0.5, 0.6) is 0 Å². The van der Waals surface area contributed by atoms with E-state index in [1.54, 1.807) is 0 Å². The first-order valence-corrected chi connectivity index (χ1v) is 20.6. The number of hydrogen-bond acceptors (Lipinski definition) is 2. The number of furan rings is 2. The van der Waals surface area contributed by atoms with Crippen molar-refractivity contribution in [2.75, 3.05) is 0 Å². The summed E-state index contributed by atoms with van der Waals surface area (Å²) >= 11 is 0. The van der Waals surface area contributed by atoms with Gasteiger partial charge in [-0.25, -0.2) is 0 Å². The third-order valence-corrected chi connectivity index (χ3v) is 12.6. The van der Waals surface area contributed by atoms with Gasteiger partial charge in [-0.3, -0.25) is 0 Å². The minimum absolute atomic E-state index is 0.876. The van der Waals surface area contributed by atoms with Gasteiger partial charge in [-0.1, -0.05) is 170 Å². The van der Waals surface area contributed by atoms with Crippen LogP contribution in [0.15, 0.2) is 215 Å². The molecule has 0 aliphatic carbocycles. The topological polar surface area (TPSA) is 26.3 Å². The van der Waals surface area contributed by atoms with Crippen LogP contribution in [0.25, 0.3) is 131 Å². The molecule has 13 aromatic rings. The third kappa shape index (κ3) is 4.76. The van der Waals surface area contributed by atoms with Crippen LogP contribution in [-0.4, -0.2) is 0 Å². The predicted molar refractivity (Wildman–Crippen MR) is 253 cm³/mol. The lowest BCUT2D eigenvalue weighted by Gasteiger charge is -2.18. The summed E-state index contributed by atoms with van der Waals surface area (Å²) in [5.74, 6) is 0. The molecule has 0 fully saturated rings. The Morgan fingerprint density at radius 2 is 0.650 bits per heavy atom. The van der Waals surface area contributed by atoms with E-state index in [4.69, 9.17) is 8.83 Å². The molecule has 0 saturated carbocycles. The molecular formula is C58H34O2. The quantitative estimate of drug-likeness (QED) is 0.167. The fourth-order valence-corrected chi connectivity index (χ4v) is 10.2. The minimum Gasteiger partial charge on any atom is -0.456 e. The van der Waals surface area contributed by atoms with Gasteiger partial charge in [0.15, 0.2) is 0 Å². The fraction of sp³-hybridized carbons (Fsp3) is 0. The summed E-state index contributed by atoms with van der Waals surface area (Å²) in [6, 6.07) is 74.4. The zero-order chi connectivity index (χ0) is 39.3. The Labute approximate surface area is 345 Å². The zero-order valence-corrected chi connectivity index (χ0v) is 32.4. The molecule has 0 N–H and O–H groups in total. The summed E-state index contributed by atoms with van der Waals surface area (Å²) < 4.78 is 13.1. The molecule has 2 aromatic heterocycles. The van der Waals surface area contributed by atoms with Gasteiger partial charge in [0.25, 0.3) is 0 Å². The first kappa shape index (κ1) is 33.1. The number of rotatable bonds is 4. The highest BCUT2D eigenvalue weighted by atomic mass is 16.3. The molecule has 11 aromatic carbocycles. The molecule has 0 bridgehead atoms. The molecule has 2 heteroatoms. The Hall–Kier alpha value is -7.94. The van der Waals surface area contributed by atoms with E-state index < -0.39 is 0 Å². The van der Waals surface area contributed by atoms with Crippen molar-refractivity contribution in [2.24, 2.45) is 0 Å². The van der Waals surface area contributed by atoms with Gasteiger partial charge in [0, 0.05) is 21.5 Å². The van der Waals surface area contributed by atoms with E-state index in [9.17, 15) is 0 Å². The standard InChI is InChI=1S/C58H34O2/c1-2-15-35(16-3-1)54-39-18-4-6-20-41(39)56(42-21-7-5-19-40(42)54)37-29-31-47-53(34-37)60-52-28-14-26-48(58(47)52)57-45-24-10-8-22-43(45)55(44-23-9-11-25-46(44)57)36-30-32-51-49(33-36)38-17-12-13-27-50(38)59-51/h1-34H. The minimum atomic E-state index is 0.876. The van der Waals surface area contributed by atoms with Crippen LogP contribution in [0.4, 0.5) is 0 Å². The summed E-state index contributed by atoms with van der Waals surface area (Å²) in [5.41, 5.74) is 13.2. The maximum Gasteiger partial charge on any atom is 0.136 e. The van der Waals surface area contributed by atoms with E-state index in [2.05, 4.69) is 194 Å². The Morgan fingerprint density at radius 1 is 0.217 bits per heavy atom. The summed E-state index contributed by atoms with van der Waals surface area (Å²) in [4.78, 5) is 0. The van der Waals surface area contributed by atoms with Crippen LogP contribution in [0.1, 0.15) is 0 Å². The molecule has 0 unspecified atom stereocenters. The molecule has 278 valence electrons. The van der Waals surface area contributed by atoms with E-state index in [1.807, 2.05) is 12.1 Å². The second-order valence-corrected chi connectivity index (χ2v) is 15.8. The Balaban J connectivity index is 1.05. The summed E-state index contributed by atoms with van der Waals surface area (Å²) in [6.07, 6.45) is 0. The van der Waals surface area contributed by atoms with Crippen LogP contribution in [0.2, 0.25) is 0 Å². The van der Waals surface area contributed by atoms with Gasteiger partial charge >= 0.3 is 0 Å². The average Bonchev–Trinajstić information content (AvgIpc) is 3.88. The number of hydrogen-bond donors (Lipinski definition) is 0. The SMILES string of the molecule is c1ccc(-c2c3ccccc3c(-c3ccc4c(c3)oc3cccc(-c5c6ccccc6c(-c6ccc7oc8ccccc8c7c6)c6ccccc56)c34)c3ccccc23)cc1. The summed E-state index contributed by atoms with van der Waals surface area (Å²) in [6.45, 7) is 0. The summed E-state index contributed by atoms with van der Waals surface area (Å²) in [5, 5.41) is 14.3. The predicted octanol–water partition coefficient (Wildman–Crippen LogP) is 16.8. The van der Waals surface area contributed by atoms with E-state index in [1.165, 1.54) is 76.5 Å². The van der Waals surface area contributed by atoms with Crippen molar-refractivity contribution >= 4 is 87.0 Å². The van der Waals surface area contributed by atoms with Crippen LogP contribution in [0, 0.1) is 0 Å². The molecular weight excluding hydrogens is 729 g/mol. The third-order valence-electron chi connectivity index (χ3n) is 12.6. The highest BCUT2D eigenvalue weighted by Crippen LogP contribution is 2.49. The Kier molecular flexibility index (Phi) is 7.05. The monoisotopic (exact) mass is 762 g/mol. The summed E-state index contributed by atoms with van der Waals surface area (Å²) in [7, 11) is 0. The first-order chi connectivity index (χ1) is 29.8. The molecule has 0 saturated heterocycles. The van der Waals surface area contributed by atoms with E-state index in [0.717, 1.165) is 55.0 Å². The van der Waals surface area contributed by atoms with Gasteiger partial charge in [0.05, 0.1) is 0 Å². The van der Waals surface area contributed by atoms with Gasteiger partial charge < -0.3 is 8.83 Å². The Morgan fingerprint density at radius 3 is 1.25 bits per heavy atom. The van der Waals surface area contributed by atoms with Gasteiger partial charge in [-0.2, -0.15) is 0 Å². The molecule has 0 amide bonds. The second kappa shape index (κ2) is 12.8. The van der Waals surface area contributed by atoms with Crippen molar-refractivity contribution in [2.45, 2.75) is 0 Å². The number of benzene rings is 11. The fourth-order valence-electron chi connectivity index (χ4n) is 10.2. The lowest BCUT2D eigenvalue weighted by Crippen LogP contribution is -1.91. The van der Waals surface area contributed by atoms with Crippen LogP contribution < -0.4 is 0 Å². The maximum atomic E-state index is 6.87. The van der Waals surface area contributed by atoms with Gasteiger partial charge in [0.2, 0.25) is 0 Å². The average molecular weight is 763 g/mol. The first-order valence-electron chi connectivity index (χ1n) is 20.6. The van der Waals surface area contributed by atoms with Gasteiger partial charge in [0.1, 0.15) is 22.3 Å². The zero-order valence-electron chi connectivity index (χ0n) is 32.4. The van der Waals surface area contributed by atoms with Crippen LogP contribution in [0.3, 0.4) is 0 Å². The highest BCUT2D eigenvalue weighted by Gasteiger charge is 2.22. The molecule has 2 nitrogen and oxygen atoms in total. The second-order valence-electron chi connectivity index (χ2n) is 15.8. The Bertz CT molecular complexity index is 3770. The smallest absolute Gasteiger partial charge is 0.136 e. The van der Waals surface area contributed by atoms with Crippen molar-refractivity contribution in [1.29, 1.82) is 0 Å².